The van der Waals surface area contributed by atoms with Crippen molar-refractivity contribution in [2.24, 2.45) is 5.92 Å². The Morgan fingerprint density at radius 3 is 2.33 bits per heavy atom. The van der Waals surface area contributed by atoms with Crippen molar-refractivity contribution in [3.63, 3.8) is 0 Å². The summed E-state index contributed by atoms with van der Waals surface area (Å²) in [4.78, 5) is 17.7. The zero-order chi connectivity index (χ0) is 16.0. The highest BCUT2D eigenvalue weighted by Gasteiger charge is 2.23. The van der Waals surface area contributed by atoms with Gasteiger partial charge in [-0.2, -0.15) is 4.68 Å². The molecule has 0 fully saturated rings. The van der Waals surface area contributed by atoms with Gasteiger partial charge in [-0.3, -0.25) is 0 Å². The summed E-state index contributed by atoms with van der Waals surface area (Å²) in [6.45, 7) is 8.81. The van der Waals surface area contributed by atoms with E-state index in [-0.39, 0.29) is 22.9 Å². The molecule has 0 aliphatic carbocycles. The van der Waals surface area contributed by atoms with Crippen molar-refractivity contribution < 1.29 is 13.2 Å². The van der Waals surface area contributed by atoms with Crippen molar-refractivity contribution in [3.05, 3.63) is 6.33 Å². The lowest BCUT2D eigenvalue weighted by molar-refractivity contribution is 0.196. The Kier molecular flexibility index (Phi) is 6.32. The molecule has 0 aliphatic rings. The smallest absolute Gasteiger partial charge is 0.323 e. The molecule has 0 radical (unpaired) electrons. The van der Waals surface area contributed by atoms with Gasteiger partial charge in [-0.25, -0.2) is 18.2 Å². The molecular weight excluding hydrogens is 292 g/mol. The average molecular weight is 316 g/mol. The maximum atomic E-state index is 12.3. The summed E-state index contributed by atoms with van der Waals surface area (Å²) < 4.78 is 25.1. The van der Waals surface area contributed by atoms with Gasteiger partial charge in [0.25, 0.3) is 5.16 Å². The van der Waals surface area contributed by atoms with E-state index >= 15 is 0 Å². The standard InChI is InChI=1S/C13H24N4O3S/c1-5-7-16(8-6-2)13(18)17-10-14-12(15-17)21(19,20)9-11(3)4/h10-11H,5-9H2,1-4H3. The van der Waals surface area contributed by atoms with E-state index in [0.29, 0.717) is 13.1 Å². The summed E-state index contributed by atoms with van der Waals surface area (Å²) in [5.74, 6) is -0.0481. The van der Waals surface area contributed by atoms with Gasteiger partial charge in [0.05, 0.1) is 5.75 Å². The molecule has 0 saturated carbocycles. The number of carbonyl (C=O) groups is 1. The highest BCUT2D eigenvalue weighted by Crippen LogP contribution is 2.09. The molecule has 0 spiro atoms. The predicted molar refractivity (Wildman–Crippen MR) is 79.9 cm³/mol. The molecule has 7 nitrogen and oxygen atoms in total. The Balaban J connectivity index is 2.94. The Labute approximate surface area is 126 Å². The number of sulfone groups is 1. The number of carbonyl (C=O) groups excluding carboxylic acids is 1. The molecule has 0 aromatic carbocycles. The third-order valence-corrected chi connectivity index (χ3v) is 4.60. The minimum atomic E-state index is -3.54. The van der Waals surface area contributed by atoms with Crippen LogP contribution in [0.5, 0.6) is 0 Å². The van der Waals surface area contributed by atoms with Gasteiger partial charge in [0, 0.05) is 13.1 Å². The monoisotopic (exact) mass is 316 g/mol. The maximum absolute atomic E-state index is 12.3. The first-order valence-electron chi connectivity index (χ1n) is 7.25. The van der Waals surface area contributed by atoms with Crippen molar-refractivity contribution in [3.8, 4) is 0 Å². The summed E-state index contributed by atoms with van der Waals surface area (Å²) >= 11 is 0. The summed E-state index contributed by atoms with van der Waals surface area (Å²) in [7, 11) is -3.54. The van der Waals surface area contributed by atoms with E-state index in [0.717, 1.165) is 17.5 Å². The molecule has 0 saturated heterocycles. The van der Waals surface area contributed by atoms with E-state index in [4.69, 9.17) is 0 Å². The molecule has 120 valence electrons. The lowest BCUT2D eigenvalue weighted by atomic mass is 10.3. The topological polar surface area (TPSA) is 85.2 Å². The van der Waals surface area contributed by atoms with Gasteiger partial charge in [0.15, 0.2) is 0 Å². The third-order valence-electron chi connectivity index (χ3n) is 2.76. The minimum absolute atomic E-state index is 0.0191. The van der Waals surface area contributed by atoms with Gasteiger partial charge in [-0.15, -0.1) is 5.10 Å². The van der Waals surface area contributed by atoms with Crippen molar-refractivity contribution in [1.29, 1.82) is 0 Å². The van der Waals surface area contributed by atoms with Crippen LogP contribution >= 0.6 is 0 Å². The van der Waals surface area contributed by atoms with Crippen LogP contribution in [0.3, 0.4) is 0 Å². The van der Waals surface area contributed by atoms with Crippen LogP contribution in [0.2, 0.25) is 0 Å². The van der Waals surface area contributed by atoms with E-state index in [1.54, 1.807) is 4.90 Å². The van der Waals surface area contributed by atoms with E-state index < -0.39 is 9.84 Å². The molecule has 1 rings (SSSR count). The molecule has 1 amide bonds. The second kappa shape index (κ2) is 7.53. The number of hydrogen-bond donors (Lipinski definition) is 0. The summed E-state index contributed by atoms with van der Waals surface area (Å²) in [5, 5.41) is 3.57. The van der Waals surface area contributed by atoms with Gasteiger partial charge in [0.2, 0.25) is 9.84 Å². The zero-order valence-corrected chi connectivity index (χ0v) is 13.9. The van der Waals surface area contributed by atoms with E-state index in [1.165, 1.54) is 6.33 Å². The normalized spacial score (nSPS) is 11.9. The molecule has 0 atom stereocenters. The van der Waals surface area contributed by atoms with Crippen molar-refractivity contribution in [2.45, 2.75) is 45.7 Å². The average Bonchev–Trinajstić information content (AvgIpc) is 2.86. The van der Waals surface area contributed by atoms with Gasteiger partial charge in [-0.05, 0) is 18.8 Å². The number of aromatic nitrogens is 3. The Bertz CT molecular complexity index is 560. The molecule has 1 aromatic rings. The van der Waals surface area contributed by atoms with Gasteiger partial charge >= 0.3 is 6.03 Å². The molecule has 21 heavy (non-hydrogen) atoms. The Hall–Kier alpha value is -1.44. The molecular formula is C13H24N4O3S. The number of amides is 1. The van der Waals surface area contributed by atoms with Crippen LogP contribution in [0, 0.1) is 5.92 Å². The lowest BCUT2D eigenvalue weighted by Crippen LogP contribution is -2.36. The summed E-state index contributed by atoms with van der Waals surface area (Å²) in [6.07, 6.45) is 2.84. The number of rotatable bonds is 7. The molecule has 8 heteroatoms. The van der Waals surface area contributed by atoms with E-state index in [2.05, 4.69) is 10.1 Å². The first-order chi connectivity index (χ1) is 9.81. The minimum Gasteiger partial charge on any atom is -0.323 e. The van der Waals surface area contributed by atoms with Gasteiger partial charge < -0.3 is 4.90 Å². The van der Waals surface area contributed by atoms with Crippen LogP contribution in [-0.2, 0) is 9.84 Å². The fourth-order valence-corrected chi connectivity index (χ4v) is 3.43. The third kappa shape index (κ3) is 4.80. The van der Waals surface area contributed by atoms with Crippen LogP contribution in [0.4, 0.5) is 4.79 Å². The largest absolute Gasteiger partial charge is 0.346 e. The van der Waals surface area contributed by atoms with Crippen LogP contribution < -0.4 is 0 Å². The van der Waals surface area contributed by atoms with Crippen LogP contribution in [0.1, 0.15) is 40.5 Å². The highest BCUT2D eigenvalue weighted by molar-refractivity contribution is 7.91. The van der Waals surface area contributed by atoms with Crippen LogP contribution in [0.25, 0.3) is 0 Å². The predicted octanol–water partition coefficient (Wildman–Crippen LogP) is 1.80. The summed E-state index contributed by atoms with van der Waals surface area (Å²) in [5.41, 5.74) is 0. The maximum Gasteiger partial charge on any atom is 0.346 e. The van der Waals surface area contributed by atoms with Crippen molar-refractivity contribution >= 4 is 15.9 Å². The highest BCUT2D eigenvalue weighted by atomic mass is 32.2. The molecule has 0 N–H and O–H groups in total. The molecule has 1 aromatic heterocycles. The first-order valence-corrected chi connectivity index (χ1v) is 8.90. The molecule has 0 unspecified atom stereocenters. The fourth-order valence-electron chi connectivity index (χ4n) is 1.98. The second-order valence-corrected chi connectivity index (χ2v) is 7.34. The van der Waals surface area contributed by atoms with Gasteiger partial charge in [0.1, 0.15) is 6.33 Å². The van der Waals surface area contributed by atoms with Crippen LogP contribution in [-0.4, -0.2) is 53.0 Å². The SMILES string of the molecule is CCCN(CCC)C(=O)n1cnc(S(=O)(=O)CC(C)C)n1. The van der Waals surface area contributed by atoms with Crippen LogP contribution in [0.15, 0.2) is 11.5 Å². The zero-order valence-electron chi connectivity index (χ0n) is 13.1. The quantitative estimate of drug-likeness (QED) is 0.765. The molecule has 0 aliphatic heterocycles. The number of nitrogens with zero attached hydrogens (tertiary/aromatic N) is 4. The number of hydrogen-bond acceptors (Lipinski definition) is 5. The molecule has 0 bridgehead atoms. The summed E-state index contributed by atoms with van der Waals surface area (Å²) in [6, 6.07) is -0.336. The van der Waals surface area contributed by atoms with E-state index in [1.807, 2.05) is 27.7 Å². The lowest BCUT2D eigenvalue weighted by Gasteiger charge is -2.20. The first kappa shape index (κ1) is 17.6. The van der Waals surface area contributed by atoms with Crippen molar-refractivity contribution in [2.75, 3.05) is 18.8 Å². The van der Waals surface area contributed by atoms with E-state index in [9.17, 15) is 13.2 Å². The molecule has 1 heterocycles. The van der Waals surface area contributed by atoms with Crippen molar-refractivity contribution in [1.82, 2.24) is 19.7 Å². The second-order valence-electron chi connectivity index (χ2n) is 5.42. The Morgan fingerprint density at radius 2 is 1.86 bits per heavy atom. The fraction of sp³-hybridized carbons (Fsp3) is 0.769. The van der Waals surface area contributed by atoms with Gasteiger partial charge in [-0.1, -0.05) is 27.7 Å². The Morgan fingerprint density at radius 1 is 1.29 bits per heavy atom.